The maximum atomic E-state index is 6.55. The van der Waals surface area contributed by atoms with Gasteiger partial charge in [-0.1, -0.05) is 92.1 Å². The van der Waals surface area contributed by atoms with Crippen molar-refractivity contribution in [3.8, 4) is 5.75 Å². The van der Waals surface area contributed by atoms with Gasteiger partial charge in [0.1, 0.15) is 35.1 Å². The number of benzene rings is 4. The van der Waals surface area contributed by atoms with E-state index in [-0.39, 0.29) is 0 Å². The van der Waals surface area contributed by atoms with E-state index in [1.807, 2.05) is 0 Å². The highest BCUT2D eigenvalue weighted by molar-refractivity contribution is 7.95. The van der Waals surface area contributed by atoms with E-state index in [4.69, 9.17) is 4.74 Å². The van der Waals surface area contributed by atoms with Crippen LogP contribution in [-0.2, 0) is 6.16 Å². The van der Waals surface area contributed by atoms with E-state index in [1.165, 1.54) is 53.6 Å². The van der Waals surface area contributed by atoms with Crippen LogP contribution in [0.15, 0.2) is 115 Å². The molecule has 34 heavy (non-hydrogen) atoms. The Morgan fingerprint density at radius 2 is 1.03 bits per heavy atom. The molecule has 4 aromatic carbocycles. The molecule has 0 heterocycles. The summed E-state index contributed by atoms with van der Waals surface area (Å²) in [6, 6.07) is 42.1. The SMILES string of the molecule is c1ccc([P+](Cc2ccccc2OCC2CCCCC2)(c2ccccc2)c2ccccc2)cc1. The molecule has 1 nitrogen and oxygen atoms in total. The van der Waals surface area contributed by atoms with Crippen LogP contribution in [0.2, 0.25) is 0 Å². The lowest BCUT2D eigenvalue weighted by atomic mass is 9.90. The van der Waals surface area contributed by atoms with Crippen molar-refractivity contribution in [2.75, 3.05) is 6.61 Å². The molecule has 1 saturated carbocycles. The van der Waals surface area contributed by atoms with Crippen LogP contribution in [0.25, 0.3) is 0 Å². The fourth-order valence-electron chi connectivity index (χ4n) is 5.36. The second kappa shape index (κ2) is 11.0. The van der Waals surface area contributed by atoms with Gasteiger partial charge in [0.2, 0.25) is 0 Å². The molecular weight excluding hydrogens is 431 g/mol. The summed E-state index contributed by atoms with van der Waals surface area (Å²) in [6.45, 7) is 0.838. The molecule has 0 radical (unpaired) electrons. The molecule has 0 N–H and O–H groups in total. The average molecular weight is 466 g/mol. The topological polar surface area (TPSA) is 9.23 Å². The summed E-state index contributed by atoms with van der Waals surface area (Å²) >= 11 is 0. The van der Waals surface area contributed by atoms with Crippen LogP contribution in [0.3, 0.4) is 0 Å². The molecule has 0 aliphatic heterocycles. The van der Waals surface area contributed by atoms with Crippen LogP contribution < -0.4 is 20.7 Å². The predicted octanol–water partition coefficient (Wildman–Crippen LogP) is 7.14. The highest BCUT2D eigenvalue weighted by atomic mass is 31.2. The minimum Gasteiger partial charge on any atom is -0.493 e. The van der Waals surface area contributed by atoms with Crippen LogP contribution in [0.5, 0.6) is 5.75 Å². The molecule has 0 saturated heterocycles. The lowest BCUT2D eigenvalue weighted by molar-refractivity contribution is 0.208. The summed E-state index contributed by atoms with van der Waals surface area (Å²) in [7, 11) is -1.94. The monoisotopic (exact) mass is 465 g/mol. The molecule has 0 unspecified atom stereocenters. The van der Waals surface area contributed by atoms with Gasteiger partial charge in [0.15, 0.2) is 0 Å². The quantitative estimate of drug-likeness (QED) is 0.251. The third-order valence-corrected chi connectivity index (χ3v) is 11.5. The van der Waals surface area contributed by atoms with Crippen LogP contribution >= 0.6 is 7.26 Å². The molecule has 4 aromatic rings. The zero-order valence-electron chi connectivity index (χ0n) is 19.9. The van der Waals surface area contributed by atoms with Crippen molar-refractivity contribution in [1.29, 1.82) is 0 Å². The van der Waals surface area contributed by atoms with Gasteiger partial charge in [-0.25, -0.2) is 0 Å². The molecule has 1 aliphatic carbocycles. The van der Waals surface area contributed by atoms with E-state index in [9.17, 15) is 0 Å². The number of para-hydroxylation sites is 1. The van der Waals surface area contributed by atoms with E-state index >= 15 is 0 Å². The number of hydrogen-bond acceptors (Lipinski definition) is 1. The number of rotatable bonds is 8. The minimum absolute atomic E-state index is 0.693. The highest BCUT2D eigenvalue weighted by Gasteiger charge is 2.45. The number of hydrogen-bond donors (Lipinski definition) is 0. The van der Waals surface area contributed by atoms with Gasteiger partial charge in [-0.15, -0.1) is 0 Å². The second-order valence-electron chi connectivity index (χ2n) is 9.40. The molecule has 1 aliphatic rings. The normalized spacial score (nSPS) is 14.6. The summed E-state index contributed by atoms with van der Waals surface area (Å²) in [5.74, 6) is 1.75. The van der Waals surface area contributed by atoms with Gasteiger partial charge in [-0.3, -0.25) is 0 Å². The molecule has 0 bridgehead atoms. The van der Waals surface area contributed by atoms with Gasteiger partial charge in [0.25, 0.3) is 0 Å². The average Bonchev–Trinajstić information content (AvgIpc) is 2.93. The van der Waals surface area contributed by atoms with E-state index in [0.29, 0.717) is 5.92 Å². The first-order chi connectivity index (χ1) is 16.9. The Labute approximate surface area is 205 Å². The summed E-state index contributed by atoms with van der Waals surface area (Å²) in [5, 5.41) is 4.23. The summed E-state index contributed by atoms with van der Waals surface area (Å²) in [4.78, 5) is 0. The lowest BCUT2D eigenvalue weighted by Gasteiger charge is -2.29. The molecular formula is C32H34OP+. The maximum Gasteiger partial charge on any atom is 0.126 e. The first kappa shape index (κ1) is 22.9. The number of ether oxygens (including phenoxy) is 1. The van der Waals surface area contributed by atoms with Crippen LogP contribution in [-0.4, -0.2) is 6.61 Å². The van der Waals surface area contributed by atoms with Crippen molar-refractivity contribution >= 4 is 23.2 Å². The van der Waals surface area contributed by atoms with Crippen LogP contribution in [0, 0.1) is 5.92 Å². The Morgan fingerprint density at radius 1 is 0.559 bits per heavy atom. The lowest BCUT2D eigenvalue weighted by Crippen LogP contribution is -2.32. The third-order valence-electron chi connectivity index (χ3n) is 7.17. The summed E-state index contributed by atoms with van der Waals surface area (Å²) in [5.41, 5.74) is 1.31. The van der Waals surface area contributed by atoms with Crippen LogP contribution in [0.4, 0.5) is 0 Å². The molecule has 5 rings (SSSR count). The summed E-state index contributed by atoms with van der Waals surface area (Å²) in [6.07, 6.45) is 7.63. The Bertz CT molecular complexity index is 1050. The molecule has 0 spiro atoms. The van der Waals surface area contributed by atoms with Crippen molar-refractivity contribution in [2.45, 2.75) is 38.3 Å². The minimum atomic E-state index is -1.94. The highest BCUT2D eigenvalue weighted by Crippen LogP contribution is 2.59. The standard InChI is InChI=1S/C32H34OP/c1-5-15-27(16-6-1)25-33-32-24-14-13-17-28(32)26-34(29-18-7-2-8-19-29,30-20-9-3-10-21-30)31-22-11-4-12-23-31/h2-4,7-14,17-24,27H,1,5-6,15-16,25-26H2/q+1. The largest absolute Gasteiger partial charge is 0.493 e. The van der Waals surface area contributed by atoms with Gasteiger partial charge in [0.05, 0.1) is 6.61 Å². The van der Waals surface area contributed by atoms with Gasteiger partial charge >= 0.3 is 0 Å². The van der Waals surface area contributed by atoms with Gasteiger partial charge in [0, 0.05) is 5.56 Å². The fourth-order valence-corrected chi connectivity index (χ4v) is 9.62. The van der Waals surface area contributed by atoms with Crippen molar-refractivity contribution in [3.63, 3.8) is 0 Å². The molecule has 2 heteroatoms. The van der Waals surface area contributed by atoms with Gasteiger partial charge in [-0.05, 0) is 61.2 Å². The first-order valence-corrected chi connectivity index (χ1v) is 14.6. The van der Waals surface area contributed by atoms with Gasteiger partial charge < -0.3 is 4.74 Å². The second-order valence-corrected chi connectivity index (χ2v) is 12.9. The summed E-state index contributed by atoms with van der Waals surface area (Å²) < 4.78 is 6.55. The van der Waals surface area contributed by atoms with E-state index in [0.717, 1.165) is 18.5 Å². The Balaban J connectivity index is 1.59. The zero-order valence-corrected chi connectivity index (χ0v) is 20.7. The Morgan fingerprint density at radius 3 is 1.56 bits per heavy atom. The van der Waals surface area contributed by atoms with Crippen molar-refractivity contribution in [1.82, 2.24) is 0 Å². The maximum absolute atomic E-state index is 6.55. The van der Waals surface area contributed by atoms with E-state index in [2.05, 4.69) is 115 Å². The van der Waals surface area contributed by atoms with Gasteiger partial charge in [-0.2, -0.15) is 0 Å². The fraction of sp³-hybridized carbons (Fsp3) is 0.250. The third kappa shape index (κ3) is 4.96. The van der Waals surface area contributed by atoms with Crippen molar-refractivity contribution in [2.24, 2.45) is 5.92 Å². The molecule has 0 aromatic heterocycles. The van der Waals surface area contributed by atoms with Crippen molar-refractivity contribution < 1.29 is 4.74 Å². The molecule has 0 amide bonds. The van der Waals surface area contributed by atoms with Crippen LogP contribution in [0.1, 0.15) is 37.7 Å². The smallest absolute Gasteiger partial charge is 0.126 e. The Hall–Kier alpha value is -2.89. The molecule has 1 fully saturated rings. The zero-order chi connectivity index (χ0) is 23.1. The Kier molecular flexibility index (Phi) is 7.42. The van der Waals surface area contributed by atoms with E-state index < -0.39 is 7.26 Å². The molecule has 0 atom stereocenters. The molecule has 172 valence electrons. The predicted molar refractivity (Wildman–Crippen MR) is 147 cm³/mol. The van der Waals surface area contributed by atoms with Crippen molar-refractivity contribution in [3.05, 3.63) is 121 Å². The first-order valence-electron chi connectivity index (χ1n) is 12.6. The van der Waals surface area contributed by atoms with E-state index in [1.54, 1.807) is 0 Å².